The van der Waals surface area contributed by atoms with Crippen molar-refractivity contribution in [1.82, 2.24) is 14.8 Å². The van der Waals surface area contributed by atoms with Gasteiger partial charge in [-0.3, -0.25) is 9.48 Å². The molecule has 1 aromatic carbocycles. The summed E-state index contributed by atoms with van der Waals surface area (Å²) in [7, 11) is 0. The number of nitrogens with one attached hydrogen (secondary N) is 1. The van der Waals surface area contributed by atoms with Crippen LogP contribution in [0.4, 0.5) is 18.9 Å². The van der Waals surface area contributed by atoms with Gasteiger partial charge in [-0.2, -0.15) is 18.3 Å². The highest BCUT2D eigenvalue weighted by Gasteiger charge is 2.33. The van der Waals surface area contributed by atoms with Gasteiger partial charge in [-0.05, 0) is 62.1 Å². The SMILES string of the molecule is CSc1cc2nn([C@H]3CC[C@H](C(C)I)CC3)cc2cc1NC(=O)c1cccc(C(F)(F)F)n1. The number of alkyl halides is 4. The Hall–Kier alpha value is -1.82. The van der Waals surface area contributed by atoms with Gasteiger partial charge >= 0.3 is 6.18 Å². The highest BCUT2D eigenvalue weighted by atomic mass is 127. The monoisotopic (exact) mass is 588 g/mol. The van der Waals surface area contributed by atoms with Crippen LogP contribution in [-0.4, -0.2) is 30.9 Å². The van der Waals surface area contributed by atoms with E-state index in [0.717, 1.165) is 40.6 Å². The van der Waals surface area contributed by atoms with Crippen molar-refractivity contribution in [1.29, 1.82) is 0 Å². The maximum Gasteiger partial charge on any atom is 0.433 e. The maximum absolute atomic E-state index is 13.0. The second-order valence-electron chi connectivity index (χ2n) is 8.33. The highest BCUT2D eigenvalue weighted by Crippen LogP contribution is 2.37. The predicted molar refractivity (Wildman–Crippen MR) is 133 cm³/mol. The van der Waals surface area contributed by atoms with Gasteiger partial charge in [0.1, 0.15) is 11.4 Å². The Kier molecular flexibility index (Phi) is 7.23. The molecule has 176 valence electrons. The molecule has 1 fully saturated rings. The van der Waals surface area contributed by atoms with Gasteiger partial charge < -0.3 is 5.32 Å². The number of benzene rings is 1. The molecule has 3 aromatic rings. The van der Waals surface area contributed by atoms with E-state index in [1.165, 1.54) is 36.7 Å². The molecule has 2 heterocycles. The van der Waals surface area contributed by atoms with Crippen LogP contribution < -0.4 is 5.32 Å². The number of pyridine rings is 1. The summed E-state index contributed by atoms with van der Waals surface area (Å²) in [6.07, 6.45) is 3.82. The fourth-order valence-corrected chi connectivity index (χ4v) is 5.53. The van der Waals surface area contributed by atoms with Crippen molar-refractivity contribution in [3.63, 3.8) is 0 Å². The number of hydrogen-bond acceptors (Lipinski definition) is 4. The zero-order valence-electron chi connectivity index (χ0n) is 18.2. The van der Waals surface area contributed by atoms with Gasteiger partial charge in [0.25, 0.3) is 5.91 Å². The quantitative estimate of drug-likeness (QED) is 0.199. The summed E-state index contributed by atoms with van der Waals surface area (Å²) in [5.41, 5.74) is -0.0160. The van der Waals surface area contributed by atoms with E-state index in [2.05, 4.69) is 39.8 Å². The molecule has 0 spiro atoms. The van der Waals surface area contributed by atoms with Crippen molar-refractivity contribution in [2.45, 2.75) is 53.6 Å². The molecule has 1 N–H and O–H groups in total. The number of rotatable bonds is 5. The normalized spacial score (nSPS) is 20.1. The first-order chi connectivity index (χ1) is 15.7. The molecular formula is C23H24F3IN4OS. The smallest absolute Gasteiger partial charge is 0.320 e. The molecule has 1 unspecified atom stereocenters. The molecule has 0 bridgehead atoms. The second kappa shape index (κ2) is 9.81. The molecule has 4 rings (SSSR count). The number of aromatic nitrogens is 3. The van der Waals surface area contributed by atoms with Gasteiger partial charge in [0.15, 0.2) is 0 Å². The molecule has 0 aliphatic heterocycles. The molecule has 1 saturated carbocycles. The predicted octanol–water partition coefficient (Wildman–Crippen LogP) is 6.98. The lowest BCUT2D eigenvalue weighted by Crippen LogP contribution is -2.22. The Balaban J connectivity index is 1.56. The third kappa shape index (κ3) is 5.47. The number of hydrogen-bond donors (Lipinski definition) is 1. The van der Waals surface area contributed by atoms with Crippen LogP contribution in [0.25, 0.3) is 10.9 Å². The van der Waals surface area contributed by atoms with Crippen molar-refractivity contribution in [2.24, 2.45) is 5.92 Å². The maximum atomic E-state index is 13.0. The van der Waals surface area contributed by atoms with E-state index in [1.807, 2.05) is 29.3 Å². The van der Waals surface area contributed by atoms with Crippen LogP contribution in [-0.2, 0) is 6.18 Å². The van der Waals surface area contributed by atoms with Gasteiger partial charge in [0.2, 0.25) is 0 Å². The molecule has 1 aliphatic rings. The first-order valence-corrected chi connectivity index (χ1v) is 13.2. The number of halogens is 4. The Morgan fingerprint density at radius 3 is 2.61 bits per heavy atom. The minimum atomic E-state index is -4.61. The molecule has 1 atom stereocenters. The number of carbonyl (C=O) groups is 1. The lowest BCUT2D eigenvalue weighted by atomic mass is 9.84. The first-order valence-electron chi connectivity index (χ1n) is 10.7. The zero-order chi connectivity index (χ0) is 23.8. The van der Waals surface area contributed by atoms with Crippen LogP contribution in [0, 0.1) is 5.92 Å². The minimum Gasteiger partial charge on any atom is -0.320 e. The Morgan fingerprint density at radius 1 is 1.24 bits per heavy atom. The van der Waals surface area contributed by atoms with Crippen molar-refractivity contribution in [2.75, 3.05) is 11.6 Å². The summed E-state index contributed by atoms with van der Waals surface area (Å²) in [5.74, 6) is 0.0653. The summed E-state index contributed by atoms with van der Waals surface area (Å²) in [4.78, 5) is 16.9. The van der Waals surface area contributed by atoms with Crippen LogP contribution in [0.15, 0.2) is 41.4 Å². The summed E-state index contributed by atoms with van der Waals surface area (Å²) in [6.45, 7) is 2.27. The first kappa shape index (κ1) is 24.3. The van der Waals surface area contributed by atoms with Gasteiger partial charge in [-0.15, -0.1) is 11.8 Å². The number of amides is 1. The Morgan fingerprint density at radius 2 is 1.97 bits per heavy atom. The molecule has 10 heteroatoms. The zero-order valence-corrected chi connectivity index (χ0v) is 21.2. The summed E-state index contributed by atoms with van der Waals surface area (Å²) >= 11 is 3.94. The topological polar surface area (TPSA) is 59.8 Å². The van der Waals surface area contributed by atoms with Crippen LogP contribution in [0.3, 0.4) is 0 Å². The van der Waals surface area contributed by atoms with Crippen molar-refractivity contribution < 1.29 is 18.0 Å². The van der Waals surface area contributed by atoms with E-state index in [-0.39, 0.29) is 5.69 Å². The number of fused-ring (bicyclic) bond motifs is 1. The fourth-order valence-electron chi connectivity index (χ4n) is 4.26. The molecule has 0 saturated heterocycles. The molecule has 33 heavy (non-hydrogen) atoms. The lowest BCUT2D eigenvalue weighted by molar-refractivity contribution is -0.141. The second-order valence-corrected chi connectivity index (χ2v) is 11.1. The van der Waals surface area contributed by atoms with Gasteiger partial charge in [0.05, 0.1) is 17.2 Å². The van der Waals surface area contributed by atoms with E-state index in [1.54, 1.807) is 0 Å². The number of nitrogens with zero attached hydrogens (tertiary/aromatic N) is 3. The Labute approximate surface area is 208 Å². The molecule has 5 nitrogen and oxygen atoms in total. The third-order valence-electron chi connectivity index (χ3n) is 6.13. The number of anilines is 1. The highest BCUT2D eigenvalue weighted by molar-refractivity contribution is 14.1. The number of thioether (sulfide) groups is 1. The average Bonchev–Trinajstić information content (AvgIpc) is 3.21. The average molecular weight is 588 g/mol. The van der Waals surface area contributed by atoms with E-state index >= 15 is 0 Å². The van der Waals surface area contributed by atoms with Crippen LogP contribution >= 0.6 is 34.4 Å². The lowest BCUT2D eigenvalue weighted by Gasteiger charge is -2.30. The molecule has 1 amide bonds. The van der Waals surface area contributed by atoms with Crippen molar-refractivity contribution in [3.05, 3.63) is 47.9 Å². The van der Waals surface area contributed by atoms with E-state index in [4.69, 9.17) is 5.10 Å². The van der Waals surface area contributed by atoms with Gasteiger partial charge in [-0.1, -0.05) is 35.6 Å². The van der Waals surface area contributed by atoms with E-state index in [0.29, 0.717) is 15.7 Å². The molecule has 1 aliphatic carbocycles. The standard InChI is InChI=1S/C23H24F3IN4OS/c1-13(27)14-6-8-16(9-7-14)31-12-15-10-19(20(33-2)11-18(15)30-31)29-22(32)17-4-3-5-21(28-17)23(24,25)26/h3-5,10-14,16H,6-9H2,1-2H3,(H,29,32)/t13?,14-,16-. The summed E-state index contributed by atoms with van der Waals surface area (Å²) in [5, 5.41) is 8.39. The van der Waals surface area contributed by atoms with Crippen molar-refractivity contribution >= 4 is 56.9 Å². The molecule has 0 radical (unpaired) electrons. The summed E-state index contributed by atoms with van der Waals surface area (Å²) in [6, 6.07) is 7.39. The molecular weight excluding hydrogens is 564 g/mol. The van der Waals surface area contributed by atoms with Crippen molar-refractivity contribution in [3.8, 4) is 0 Å². The largest absolute Gasteiger partial charge is 0.433 e. The third-order valence-corrected chi connectivity index (χ3v) is 7.92. The fraction of sp³-hybridized carbons (Fsp3) is 0.435. The van der Waals surface area contributed by atoms with E-state index in [9.17, 15) is 18.0 Å². The molecule has 2 aromatic heterocycles. The van der Waals surface area contributed by atoms with Crippen LogP contribution in [0.2, 0.25) is 0 Å². The van der Waals surface area contributed by atoms with Crippen LogP contribution in [0.5, 0.6) is 0 Å². The van der Waals surface area contributed by atoms with Crippen LogP contribution in [0.1, 0.15) is 54.8 Å². The van der Waals surface area contributed by atoms with Gasteiger partial charge in [-0.25, -0.2) is 4.98 Å². The van der Waals surface area contributed by atoms with Gasteiger partial charge in [0, 0.05) is 20.4 Å². The number of carbonyl (C=O) groups excluding carboxylic acids is 1. The minimum absolute atomic E-state index is 0.283. The Bertz CT molecular complexity index is 1160. The summed E-state index contributed by atoms with van der Waals surface area (Å²) < 4.78 is 41.6. The van der Waals surface area contributed by atoms with E-state index < -0.39 is 17.8 Å².